The molecule has 0 atom stereocenters. The first kappa shape index (κ1) is 14.4. The van der Waals surface area contributed by atoms with Crippen molar-refractivity contribution in [3.63, 3.8) is 0 Å². The smallest absolute Gasteiger partial charge is 0.151 e. The molecule has 0 saturated carbocycles. The molecule has 0 fully saturated rings. The molecule has 0 bridgehead atoms. The van der Waals surface area contributed by atoms with Crippen LogP contribution in [0.1, 0.15) is 5.69 Å². The largest absolute Gasteiger partial charge is 0.376 e. The fourth-order valence-corrected chi connectivity index (χ4v) is 2.02. The van der Waals surface area contributed by atoms with Crippen molar-refractivity contribution >= 4 is 17.3 Å². The Morgan fingerprint density at radius 3 is 2.73 bits per heavy atom. The molecule has 3 heterocycles. The van der Waals surface area contributed by atoms with Crippen LogP contribution in [0.4, 0.5) is 5.69 Å². The number of aromatic nitrogens is 6. The minimum absolute atomic E-state index is 0.370. The number of rotatable bonds is 4. The molecule has 0 aromatic carbocycles. The van der Waals surface area contributed by atoms with Crippen molar-refractivity contribution in [2.75, 3.05) is 19.0 Å². The average Bonchev–Trinajstić information content (AvgIpc) is 2.98. The van der Waals surface area contributed by atoms with Gasteiger partial charge >= 0.3 is 0 Å². The topological polar surface area (TPSA) is 72.6 Å². The molecule has 0 aliphatic rings. The van der Waals surface area contributed by atoms with Gasteiger partial charge in [-0.2, -0.15) is 5.10 Å². The second-order valence-electron chi connectivity index (χ2n) is 4.97. The van der Waals surface area contributed by atoms with E-state index >= 15 is 0 Å². The number of hydrogen-bond acceptors (Lipinski definition) is 6. The van der Waals surface area contributed by atoms with E-state index in [9.17, 15) is 0 Å². The first-order chi connectivity index (χ1) is 10.6. The summed E-state index contributed by atoms with van der Waals surface area (Å²) < 4.78 is 1.70. The van der Waals surface area contributed by atoms with Gasteiger partial charge in [-0.3, -0.25) is 4.98 Å². The molecule has 0 amide bonds. The third-order valence-corrected chi connectivity index (χ3v) is 3.29. The van der Waals surface area contributed by atoms with Crippen molar-refractivity contribution in [1.82, 2.24) is 30.2 Å². The summed E-state index contributed by atoms with van der Waals surface area (Å²) in [6.45, 7) is 0.484. The van der Waals surface area contributed by atoms with Crippen LogP contribution in [0.5, 0.6) is 0 Å². The van der Waals surface area contributed by atoms with Crippen molar-refractivity contribution in [3.8, 4) is 11.3 Å². The summed E-state index contributed by atoms with van der Waals surface area (Å²) >= 11 is 5.72. The van der Waals surface area contributed by atoms with Crippen LogP contribution in [0.3, 0.4) is 0 Å². The fourth-order valence-electron chi connectivity index (χ4n) is 1.91. The molecule has 0 saturated heterocycles. The Bertz CT molecular complexity index is 767. The summed E-state index contributed by atoms with van der Waals surface area (Å²) in [7, 11) is 3.94. The summed E-state index contributed by atoms with van der Waals surface area (Å²) in [5.41, 5.74) is 3.45. The Kier molecular flexibility index (Phi) is 3.97. The minimum Gasteiger partial charge on any atom is -0.376 e. The summed E-state index contributed by atoms with van der Waals surface area (Å²) in [4.78, 5) is 6.22. The van der Waals surface area contributed by atoms with Gasteiger partial charge in [0.05, 0.1) is 30.3 Å². The second kappa shape index (κ2) is 6.07. The van der Waals surface area contributed by atoms with Crippen LogP contribution in [0, 0.1) is 0 Å². The summed E-state index contributed by atoms with van der Waals surface area (Å²) in [6.07, 6.45) is 5.42. The molecule has 0 spiro atoms. The van der Waals surface area contributed by atoms with Crippen LogP contribution in [0.25, 0.3) is 11.3 Å². The highest BCUT2D eigenvalue weighted by atomic mass is 35.5. The van der Waals surface area contributed by atoms with Gasteiger partial charge in [-0.15, -0.1) is 10.2 Å². The first-order valence-corrected chi connectivity index (χ1v) is 7.00. The van der Waals surface area contributed by atoms with Gasteiger partial charge in [0.1, 0.15) is 5.69 Å². The van der Waals surface area contributed by atoms with E-state index in [4.69, 9.17) is 11.6 Å². The molecule has 3 rings (SSSR count). The Morgan fingerprint density at radius 1 is 1.14 bits per heavy atom. The Hall–Kier alpha value is -2.54. The molecular weight excluding hydrogens is 302 g/mol. The van der Waals surface area contributed by atoms with Gasteiger partial charge in [0.15, 0.2) is 5.15 Å². The van der Waals surface area contributed by atoms with E-state index in [0.29, 0.717) is 11.7 Å². The Morgan fingerprint density at radius 2 is 2.00 bits per heavy atom. The number of pyridine rings is 1. The zero-order valence-corrected chi connectivity index (χ0v) is 12.9. The maximum atomic E-state index is 5.72. The van der Waals surface area contributed by atoms with Gasteiger partial charge in [0, 0.05) is 25.9 Å². The molecule has 0 N–H and O–H groups in total. The van der Waals surface area contributed by atoms with Crippen molar-refractivity contribution in [3.05, 3.63) is 47.6 Å². The van der Waals surface area contributed by atoms with Crippen molar-refractivity contribution < 1.29 is 0 Å². The first-order valence-electron chi connectivity index (χ1n) is 6.63. The second-order valence-corrected chi connectivity index (χ2v) is 5.36. The Balaban J connectivity index is 1.81. The van der Waals surface area contributed by atoms with Crippen LogP contribution in [0.2, 0.25) is 5.15 Å². The number of halogens is 1. The Labute approximate surface area is 132 Å². The molecule has 0 aliphatic carbocycles. The summed E-state index contributed by atoms with van der Waals surface area (Å²) in [5.74, 6) is 0. The molecule has 3 aromatic rings. The van der Waals surface area contributed by atoms with E-state index in [1.165, 1.54) is 0 Å². The van der Waals surface area contributed by atoms with E-state index in [0.717, 1.165) is 22.6 Å². The molecule has 8 heteroatoms. The lowest BCUT2D eigenvalue weighted by molar-refractivity contribution is 0.632. The maximum Gasteiger partial charge on any atom is 0.151 e. The van der Waals surface area contributed by atoms with Crippen LogP contribution < -0.4 is 4.90 Å². The van der Waals surface area contributed by atoms with E-state index in [-0.39, 0.29) is 0 Å². The number of anilines is 1. The van der Waals surface area contributed by atoms with E-state index in [1.54, 1.807) is 23.1 Å². The lowest BCUT2D eigenvalue weighted by Gasteiger charge is -2.11. The zero-order valence-electron chi connectivity index (χ0n) is 12.2. The van der Waals surface area contributed by atoms with Crippen molar-refractivity contribution in [2.45, 2.75) is 6.54 Å². The molecule has 0 radical (unpaired) electrons. The number of hydrogen-bond donors (Lipinski definition) is 0. The minimum atomic E-state index is 0.370. The van der Waals surface area contributed by atoms with Crippen LogP contribution in [-0.4, -0.2) is 44.3 Å². The van der Waals surface area contributed by atoms with Crippen LogP contribution in [0.15, 0.2) is 36.8 Å². The highest BCUT2D eigenvalue weighted by Gasteiger charge is 2.07. The molecule has 7 nitrogen and oxygen atoms in total. The molecule has 112 valence electrons. The van der Waals surface area contributed by atoms with E-state index in [2.05, 4.69) is 25.5 Å². The molecular formula is C14H14ClN7. The summed E-state index contributed by atoms with van der Waals surface area (Å²) in [5, 5.41) is 16.5. The highest BCUT2D eigenvalue weighted by Crippen LogP contribution is 2.20. The number of nitrogens with zero attached hydrogens (tertiary/aromatic N) is 7. The summed E-state index contributed by atoms with van der Waals surface area (Å²) in [6, 6.07) is 5.53. The zero-order chi connectivity index (χ0) is 15.5. The standard InChI is InChI=1S/C14H14ClN7/c1-21(2)12-5-10(6-16-7-12)13-9-22(20-18-13)8-11-3-4-14(15)19-17-11/h3-7,9H,8H2,1-2H3. The molecule has 22 heavy (non-hydrogen) atoms. The van der Waals surface area contributed by atoms with Crippen LogP contribution in [-0.2, 0) is 6.54 Å². The van der Waals surface area contributed by atoms with Gasteiger partial charge in [0.25, 0.3) is 0 Å². The molecule has 3 aromatic heterocycles. The third kappa shape index (κ3) is 3.20. The fraction of sp³-hybridized carbons (Fsp3) is 0.214. The van der Waals surface area contributed by atoms with Gasteiger partial charge < -0.3 is 4.90 Å². The predicted octanol–water partition coefficient (Wildman–Crippen LogP) is 1.90. The van der Waals surface area contributed by atoms with Gasteiger partial charge in [-0.1, -0.05) is 16.8 Å². The molecule has 0 aliphatic heterocycles. The van der Waals surface area contributed by atoms with E-state index in [1.807, 2.05) is 37.3 Å². The lowest BCUT2D eigenvalue weighted by Crippen LogP contribution is -2.08. The third-order valence-electron chi connectivity index (χ3n) is 3.09. The SMILES string of the molecule is CN(C)c1cncc(-c2cn(Cc3ccc(Cl)nn3)nn2)c1. The maximum absolute atomic E-state index is 5.72. The van der Waals surface area contributed by atoms with Gasteiger partial charge in [-0.05, 0) is 18.2 Å². The normalized spacial score (nSPS) is 10.7. The monoisotopic (exact) mass is 315 g/mol. The van der Waals surface area contributed by atoms with Gasteiger partial charge in [0.2, 0.25) is 0 Å². The lowest BCUT2D eigenvalue weighted by atomic mass is 10.2. The molecule has 0 unspecified atom stereocenters. The highest BCUT2D eigenvalue weighted by molar-refractivity contribution is 6.29. The van der Waals surface area contributed by atoms with Crippen molar-refractivity contribution in [1.29, 1.82) is 0 Å². The predicted molar refractivity (Wildman–Crippen MR) is 83.7 cm³/mol. The van der Waals surface area contributed by atoms with Gasteiger partial charge in [-0.25, -0.2) is 4.68 Å². The van der Waals surface area contributed by atoms with Crippen LogP contribution >= 0.6 is 11.6 Å². The van der Waals surface area contributed by atoms with E-state index < -0.39 is 0 Å². The quantitative estimate of drug-likeness (QED) is 0.732. The van der Waals surface area contributed by atoms with Crippen molar-refractivity contribution in [2.24, 2.45) is 0 Å². The average molecular weight is 316 g/mol.